The summed E-state index contributed by atoms with van der Waals surface area (Å²) in [6.45, 7) is 0. The first-order valence-corrected chi connectivity index (χ1v) is 32.6. The number of para-hydroxylation sites is 5. The molecule has 0 saturated carbocycles. The number of fused-ring (bicyclic) bond motifs is 18. The zero-order chi connectivity index (χ0) is 56.9. The molecular formula is C79H50N6SSi. The Kier molecular flexibility index (Phi) is 10.3. The minimum atomic E-state index is -3.20. The number of aromatic nitrogens is 6. The summed E-state index contributed by atoms with van der Waals surface area (Å²) in [5.74, 6) is 0.878. The van der Waals surface area contributed by atoms with Crippen molar-refractivity contribution < 1.29 is 0 Å². The van der Waals surface area contributed by atoms with E-state index in [2.05, 4.69) is 326 Å². The van der Waals surface area contributed by atoms with Gasteiger partial charge in [-0.25, -0.2) is 4.98 Å². The van der Waals surface area contributed by atoms with Gasteiger partial charge in [0.15, 0.2) is 8.07 Å². The first kappa shape index (κ1) is 48.4. The smallest absolute Gasteiger partial charge is 0.220 e. The van der Waals surface area contributed by atoms with Crippen molar-refractivity contribution in [2.24, 2.45) is 0 Å². The molecule has 0 N–H and O–H groups in total. The molecule has 6 heterocycles. The van der Waals surface area contributed by atoms with Crippen molar-refractivity contribution in [2.75, 3.05) is 0 Å². The van der Waals surface area contributed by atoms with Gasteiger partial charge < -0.3 is 13.7 Å². The van der Waals surface area contributed by atoms with E-state index in [1.54, 1.807) is 0 Å². The van der Waals surface area contributed by atoms with E-state index in [9.17, 15) is 0 Å². The van der Waals surface area contributed by atoms with Crippen molar-refractivity contribution in [3.63, 3.8) is 0 Å². The van der Waals surface area contributed by atoms with Crippen LogP contribution in [0.5, 0.6) is 0 Å². The van der Waals surface area contributed by atoms with Crippen LogP contribution in [0.25, 0.3) is 136 Å². The molecule has 0 unspecified atom stereocenters. The van der Waals surface area contributed by atoms with Gasteiger partial charge in [-0.05, 0) is 124 Å². The van der Waals surface area contributed by atoms with E-state index in [4.69, 9.17) is 4.98 Å². The fourth-order valence-corrected chi connectivity index (χ4v) is 21.0. The van der Waals surface area contributed by atoms with Crippen molar-refractivity contribution in [2.45, 2.75) is 0 Å². The highest BCUT2D eigenvalue weighted by Crippen LogP contribution is 2.42. The van der Waals surface area contributed by atoms with Crippen LogP contribution in [0.15, 0.2) is 303 Å². The number of hydrogen-bond acceptors (Lipinski definition) is 2. The maximum atomic E-state index is 5.78. The summed E-state index contributed by atoms with van der Waals surface area (Å²) in [4.78, 5) is 5.78. The minimum absolute atomic E-state index is 0.878. The molecule has 0 radical (unpaired) electrons. The Bertz CT molecular complexity index is 5890. The van der Waals surface area contributed by atoms with Gasteiger partial charge in [0, 0.05) is 70.5 Å². The normalized spacial score (nSPS) is 12.4. The van der Waals surface area contributed by atoms with Crippen molar-refractivity contribution >= 4 is 154 Å². The first-order valence-electron chi connectivity index (χ1n) is 29.8. The molecule has 0 aliphatic heterocycles. The van der Waals surface area contributed by atoms with Crippen LogP contribution in [0.3, 0.4) is 0 Å². The van der Waals surface area contributed by atoms with E-state index in [1.165, 1.54) is 101 Å². The fourth-order valence-electron chi connectivity index (χ4n) is 15.0. The lowest BCUT2D eigenvalue weighted by Crippen LogP contribution is -2.74. The number of thiophene rings is 1. The molecule has 406 valence electrons. The monoisotopic (exact) mass is 1140 g/mol. The third-order valence-corrected chi connectivity index (χ3v) is 24.6. The number of rotatable bonds is 8. The second-order valence-electron chi connectivity index (χ2n) is 23.0. The molecule has 13 aromatic carbocycles. The Hall–Kier alpha value is -11.0. The summed E-state index contributed by atoms with van der Waals surface area (Å²) in [6, 6.07) is 113. The molecule has 0 aliphatic carbocycles. The van der Waals surface area contributed by atoms with Gasteiger partial charge in [-0.2, -0.15) is 0 Å². The lowest BCUT2D eigenvalue weighted by Gasteiger charge is -2.35. The first-order chi connectivity index (χ1) is 43.2. The molecule has 87 heavy (non-hydrogen) atoms. The average Bonchev–Trinajstić information content (AvgIpc) is 1.77. The highest BCUT2D eigenvalue weighted by atomic mass is 32.1. The zero-order valence-electron chi connectivity index (χ0n) is 47.0. The molecule has 8 heteroatoms. The van der Waals surface area contributed by atoms with E-state index < -0.39 is 8.07 Å². The van der Waals surface area contributed by atoms with Gasteiger partial charge in [0.05, 0.1) is 54.4 Å². The van der Waals surface area contributed by atoms with Crippen LogP contribution in [0.2, 0.25) is 0 Å². The fraction of sp³-hybridized carbons (Fsp3) is 0. The van der Waals surface area contributed by atoms with E-state index >= 15 is 0 Å². The van der Waals surface area contributed by atoms with Crippen molar-refractivity contribution in [1.29, 1.82) is 0 Å². The molecule has 0 amide bonds. The Morgan fingerprint density at radius 3 is 1.20 bits per heavy atom. The van der Waals surface area contributed by atoms with Crippen LogP contribution in [0.1, 0.15) is 0 Å². The summed E-state index contributed by atoms with van der Waals surface area (Å²) in [5, 5.41) is 15.1. The van der Waals surface area contributed by atoms with Crippen LogP contribution >= 0.6 is 11.3 Å². The van der Waals surface area contributed by atoms with E-state index in [0.29, 0.717) is 0 Å². The number of benzene rings is 13. The lowest BCUT2D eigenvalue weighted by molar-refractivity contribution is 1.11. The highest BCUT2D eigenvalue weighted by molar-refractivity contribution is 7.26. The second kappa shape index (κ2) is 18.5. The molecule has 0 fully saturated rings. The van der Waals surface area contributed by atoms with Crippen molar-refractivity contribution in [3.05, 3.63) is 303 Å². The highest BCUT2D eigenvalue weighted by Gasteiger charge is 2.42. The summed E-state index contributed by atoms with van der Waals surface area (Å²) < 4.78 is 14.6. The van der Waals surface area contributed by atoms with Crippen LogP contribution in [-0.4, -0.2) is 35.7 Å². The lowest BCUT2D eigenvalue weighted by atomic mass is 10.1. The van der Waals surface area contributed by atoms with Gasteiger partial charge in [0.25, 0.3) is 0 Å². The quantitative estimate of drug-likeness (QED) is 0.110. The summed E-state index contributed by atoms with van der Waals surface area (Å²) >= 11 is 1.83. The molecule has 6 aromatic heterocycles. The maximum absolute atomic E-state index is 5.78. The van der Waals surface area contributed by atoms with Crippen molar-refractivity contribution in [3.8, 4) is 22.7 Å². The largest absolute Gasteiger partial charge is 0.309 e. The van der Waals surface area contributed by atoms with Gasteiger partial charge in [-0.3, -0.25) is 8.97 Å². The maximum Gasteiger partial charge on any atom is 0.220 e. The minimum Gasteiger partial charge on any atom is -0.309 e. The molecule has 6 nitrogen and oxygen atoms in total. The molecule has 0 aliphatic rings. The van der Waals surface area contributed by atoms with E-state index in [0.717, 1.165) is 56.1 Å². The predicted octanol–water partition coefficient (Wildman–Crippen LogP) is 17.5. The zero-order valence-corrected chi connectivity index (χ0v) is 48.8. The topological polar surface area (TPSA) is 37.0 Å². The Labute approximate surface area is 504 Å². The SMILES string of the molecule is c1ccc([Si](c2ccccc2)(c2cccc(-n3c4ccccc4c4cc(-n5c6ccccc6c6ccccc65)ccc43)c2)c2cccc(-n3c4ccc(-n5c6ccccc6c6ccccc65)cc4n4c5ccc6c7ccccc7sc6c5nc34)c2)cc1. The molecule has 19 aromatic rings. The van der Waals surface area contributed by atoms with Gasteiger partial charge in [0.1, 0.15) is 5.52 Å². The summed E-state index contributed by atoms with van der Waals surface area (Å²) in [5.41, 5.74) is 15.8. The molecule has 19 rings (SSSR count). The Balaban J connectivity index is 0.846. The Morgan fingerprint density at radius 2 is 0.655 bits per heavy atom. The number of hydrogen-bond donors (Lipinski definition) is 0. The van der Waals surface area contributed by atoms with Crippen LogP contribution in [0, 0.1) is 0 Å². The standard InChI is InChI=1S/C79H50N6SSi/c1-3-23-55(24-4-1)87(56-25-5-2-6-26-56,57-27-19-21-51(47-57)81-71-39-17-11-33-63(71)66-49-53(41-44-72(66)81)82-67-35-13-7-29-59(67)60-30-8-14-36-68(60)82)58-28-20-22-52(48-58)84-73-45-42-54(83-69-37-15-9-31-61(69)62-32-10-16-38-70(62)83)50-75(73)85-74-46-43-65-64-34-12-18-40-76(64)86-78(65)77(74)80-79(84)85/h1-50H. The molecular weight excluding hydrogens is 1090 g/mol. The van der Waals surface area contributed by atoms with E-state index in [1.807, 2.05) is 11.3 Å². The summed E-state index contributed by atoms with van der Waals surface area (Å²) in [7, 11) is -3.20. The van der Waals surface area contributed by atoms with Crippen molar-refractivity contribution in [1.82, 2.24) is 27.7 Å². The summed E-state index contributed by atoms with van der Waals surface area (Å²) in [6.07, 6.45) is 0. The number of nitrogens with zero attached hydrogens (tertiary/aromatic N) is 6. The van der Waals surface area contributed by atoms with Gasteiger partial charge in [0.2, 0.25) is 5.78 Å². The third-order valence-electron chi connectivity index (χ3n) is 18.6. The average molecular weight is 1140 g/mol. The van der Waals surface area contributed by atoms with E-state index in [-0.39, 0.29) is 0 Å². The van der Waals surface area contributed by atoms with Gasteiger partial charge >= 0.3 is 0 Å². The third kappa shape index (κ3) is 6.82. The molecule has 0 bridgehead atoms. The molecule has 0 spiro atoms. The van der Waals surface area contributed by atoms with Crippen LogP contribution in [0.4, 0.5) is 0 Å². The van der Waals surface area contributed by atoms with Gasteiger partial charge in [-0.15, -0.1) is 11.3 Å². The predicted molar refractivity (Wildman–Crippen MR) is 369 cm³/mol. The van der Waals surface area contributed by atoms with Crippen LogP contribution in [-0.2, 0) is 0 Å². The number of imidazole rings is 2. The molecule has 0 saturated heterocycles. The van der Waals surface area contributed by atoms with Gasteiger partial charge in [-0.1, -0.05) is 200 Å². The second-order valence-corrected chi connectivity index (χ2v) is 27.9. The Morgan fingerprint density at radius 1 is 0.253 bits per heavy atom. The van der Waals surface area contributed by atoms with Crippen LogP contribution < -0.4 is 20.7 Å². The molecule has 0 atom stereocenters.